The van der Waals surface area contributed by atoms with Crippen LogP contribution in [0.15, 0.2) is 54.6 Å². The molecule has 0 N–H and O–H groups in total. The van der Waals surface area contributed by atoms with E-state index in [1.165, 1.54) is 0 Å². The SMILES string of the molecule is CC#Cc1ccccc1.[C-]#[O+].[CH3-].[CH]1C=CC=C1.[W]. The van der Waals surface area contributed by atoms with Crippen molar-refractivity contribution < 1.29 is 25.7 Å². The molecule has 0 fully saturated rings. The molecular weight excluding hydrogens is 392 g/mol. The zero-order valence-corrected chi connectivity index (χ0v) is 13.5. The van der Waals surface area contributed by atoms with E-state index in [9.17, 15) is 0 Å². The Kier molecular flexibility index (Phi) is 22.0. The monoisotopic (exact) mass is 408 g/mol. The molecule has 1 nitrogen and oxygen atoms in total. The minimum absolute atomic E-state index is 0. The van der Waals surface area contributed by atoms with Crippen LogP contribution in [0.25, 0.3) is 0 Å². The summed E-state index contributed by atoms with van der Waals surface area (Å²) in [7, 11) is 0. The van der Waals surface area contributed by atoms with Crippen LogP contribution in [0, 0.1) is 32.3 Å². The van der Waals surface area contributed by atoms with Crippen molar-refractivity contribution in [2.75, 3.05) is 0 Å². The topological polar surface area (TPSA) is 19.9 Å². The summed E-state index contributed by atoms with van der Waals surface area (Å²) in [4.78, 5) is 0. The molecule has 0 spiro atoms. The van der Waals surface area contributed by atoms with Gasteiger partial charge in [0.1, 0.15) is 0 Å². The van der Waals surface area contributed by atoms with Crippen LogP contribution in [-0.4, -0.2) is 0 Å². The second kappa shape index (κ2) is 18.1. The van der Waals surface area contributed by atoms with Crippen LogP contribution < -0.4 is 0 Å². The number of allylic oxidation sites excluding steroid dienone is 4. The van der Waals surface area contributed by atoms with Gasteiger partial charge in [0, 0.05) is 33.0 Å². The van der Waals surface area contributed by atoms with Gasteiger partial charge < -0.3 is 7.43 Å². The van der Waals surface area contributed by atoms with Crippen molar-refractivity contribution in [1.29, 1.82) is 0 Å². The summed E-state index contributed by atoms with van der Waals surface area (Å²) in [6, 6.07) is 9.95. The summed E-state index contributed by atoms with van der Waals surface area (Å²) in [5.41, 5.74) is 1.08. The molecule has 0 aliphatic heterocycles. The van der Waals surface area contributed by atoms with Crippen molar-refractivity contribution in [2.45, 2.75) is 6.92 Å². The van der Waals surface area contributed by atoms with Gasteiger partial charge in [-0.3, -0.25) is 0 Å². The van der Waals surface area contributed by atoms with Gasteiger partial charge in [-0.25, -0.2) is 0 Å². The molecule has 0 aromatic heterocycles. The molecule has 18 heavy (non-hydrogen) atoms. The van der Waals surface area contributed by atoms with Crippen molar-refractivity contribution in [1.82, 2.24) is 0 Å². The Hall–Kier alpha value is -1.31. The molecule has 2 rings (SSSR count). The molecule has 0 amide bonds. The van der Waals surface area contributed by atoms with E-state index in [1.807, 2.05) is 68.0 Å². The van der Waals surface area contributed by atoms with Crippen molar-refractivity contribution in [3.05, 3.63) is 80.7 Å². The summed E-state index contributed by atoms with van der Waals surface area (Å²) < 4.78 is 7.50. The quantitative estimate of drug-likeness (QED) is 0.354. The van der Waals surface area contributed by atoms with Crippen molar-refractivity contribution >= 4 is 0 Å². The van der Waals surface area contributed by atoms with Gasteiger partial charge in [0.2, 0.25) is 0 Å². The smallest absolute Gasteiger partial charge is 0.00506 e. The van der Waals surface area contributed by atoms with E-state index in [0.29, 0.717) is 0 Å². The minimum atomic E-state index is 0. The first-order valence-corrected chi connectivity index (χ1v) is 4.78. The Morgan fingerprint density at radius 2 is 1.44 bits per heavy atom. The Balaban J connectivity index is -0.000000217. The molecule has 0 atom stereocenters. The van der Waals surface area contributed by atoms with Crippen LogP contribution in [0.3, 0.4) is 0 Å². The summed E-state index contributed by atoms with van der Waals surface area (Å²) >= 11 is 0. The third-order valence-corrected chi connectivity index (χ3v) is 1.60. The first-order valence-electron chi connectivity index (χ1n) is 4.78. The molecule has 0 unspecified atom stereocenters. The van der Waals surface area contributed by atoms with E-state index in [2.05, 4.69) is 18.5 Å². The van der Waals surface area contributed by atoms with E-state index < -0.39 is 0 Å². The van der Waals surface area contributed by atoms with Gasteiger partial charge in [0.15, 0.2) is 0 Å². The predicted octanol–water partition coefficient (Wildman–Crippen LogP) is 3.78. The number of hydrogen-bond donors (Lipinski definition) is 0. The second-order valence-electron chi connectivity index (χ2n) is 2.70. The first kappa shape index (κ1) is 21.9. The molecule has 1 radical (unpaired) electrons. The van der Waals surface area contributed by atoms with Crippen molar-refractivity contribution in [3.63, 3.8) is 0 Å². The van der Waals surface area contributed by atoms with E-state index in [1.54, 1.807) is 0 Å². The molecule has 1 aromatic rings. The predicted molar refractivity (Wildman–Crippen MR) is 71.9 cm³/mol. The van der Waals surface area contributed by atoms with Gasteiger partial charge in [-0.15, -0.1) is 5.92 Å². The molecule has 93 valence electrons. The Morgan fingerprint density at radius 1 is 0.944 bits per heavy atom. The van der Waals surface area contributed by atoms with Crippen LogP contribution in [0.1, 0.15) is 12.5 Å². The molecule has 1 aromatic carbocycles. The minimum Gasteiger partial charge on any atom is -0.358 e. The third-order valence-electron chi connectivity index (χ3n) is 1.60. The maximum atomic E-state index is 7.50. The van der Waals surface area contributed by atoms with Crippen LogP contribution in [0.4, 0.5) is 0 Å². The van der Waals surface area contributed by atoms with Gasteiger partial charge in [0.25, 0.3) is 0 Å². The molecule has 0 saturated heterocycles. The molecule has 1 aliphatic carbocycles. The van der Waals surface area contributed by atoms with Crippen LogP contribution >= 0.6 is 0 Å². The summed E-state index contributed by atoms with van der Waals surface area (Å²) in [6.45, 7) is 6.34. The first-order chi connectivity index (χ1) is 7.93. The zero-order valence-electron chi connectivity index (χ0n) is 10.6. The average Bonchev–Trinajstić information content (AvgIpc) is 2.92. The van der Waals surface area contributed by atoms with E-state index in [-0.39, 0.29) is 28.5 Å². The Morgan fingerprint density at radius 3 is 1.78 bits per heavy atom. The van der Waals surface area contributed by atoms with Gasteiger partial charge in [-0.2, -0.15) is 0 Å². The molecular formula is C16H16OW-. The summed E-state index contributed by atoms with van der Waals surface area (Å²) in [5, 5.41) is 0. The zero-order chi connectivity index (χ0) is 12.1. The van der Waals surface area contributed by atoms with E-state index in [0.717, 1.165) is 5.56 Å². The van der Waals surface area contributed by atoms with Gasteiger partial charge >= 0.3 is 11.3 Å². The summed E-state index contributed by atoms with van der Waals surface area (Å²) in [5.74, 6) is 5.79. The van der Waals surface area contributed by atoms with Crippen molar-refractivity contribution in [3.8, 4) is 11.8 Å². The normalized spacial score (nSPS) is 8.83. The van der Waals surface area contributed by atoms with Crippen molar-refractivity contribution in [2.24, 2.45) is 0 Å². The van der Waals surface area contributed by atoms with Crippen LogP contribution in [0.2, 0.25) is 0 Å². The van der Waals surface area contributed by atoms with Crippen LogP contribution in [-0.2, 0) is 25.7 Å². The fourth-order valence-corrected chi connectivity index (χ4v) is 0.987. The number of hydrogen-bond acceptors (Lipinski definition) is 0. The Labute approximate surface area is 125 Å². The molecule has 0 bridgehead atoms. The van der Waals surface area contributed by atoms with E-state index in [4.69, 9.17) is 4.65 Å². The molecule has 0 heterocycles. The van der Waals surface area contributed by atoms with Gasteiger partial charge in [0.05, 0.1) is 0 Å². The third kappa shape index (κ3) is 12.8. The molecule has 0 saturated carbocycles. The number of benzene rings is 1. The van der Waals surface area contributed by atoms with Gasteiger partial charge in [-0.1, -0.05) is 48.4 Å². The molecule has 1 aliphatic rings. The Bertz CT molecular complexity index is 395. The standard InChI is InChI=1S/C9H8.C5H5.CO.CH3.W/c1-2-6-9-7-4-3-5-8-9;1-2-4-5-3-1;1-2;;/h3-5,7-8H,1H3;1-5H;;1H3;/q;;;-1;. The maximum absolute atomic E-state index is 7.50. The second-order valence-corrected chi connectivity index (χ2v) is 2.70. The van der Waals surface area contributed by atoms with Crippen LogP contribution in [0.5, 0.6) is 0 Å². The summed E-state index contributed by atoms with van der Waals surface area (Å²) in [6.07, 6.45) is 10.0. The molecule has 2 heteroatoms. The fourth-order valence-electron chi connectivity index (χ4n) is 0.987. The average molecular weight is 408 g/mol. The van der Waals surface area contributed by atoms with E-state index >= 15 is 0 Å². The van der Waals surface area contributed by atoms with Gasteiger partial charge in [-0.05, 0) is 19.1 Å². The number of rotatable bonds is 0. The fraction of sp³-hybridized carbons (Fsp3) is 0.0625. The largest absolute Gasteiger partial charge is 0.358 e. The maximum Gasteiger partial charge on any atom is 0.00506 e.